The number of rotatable bonds is 3. The van der Waals surface area contributed by atoms with Gasteiger partial charge in [0.1, 0.15) is 0 Å². The van der Waals surface area contributed by atoms with Crippen LogP contribution >= 0.6 is 0 Å². The monoisotopic (exact) mass is 256 g/mol. The van der Waals surface area contributed by atoms with E-state index in [4.69, 9.17) is 0 Å². The number of benzene rings is 1. The molecule has 1 aliphatic carbocycles. The third-order valence-electron chi connectivity index (χ3n) is 4.42. The van der Waals surface area contributed by atoms with E-state index in [9.17, 15) is 4.79 Å². The van der Waals surface area contributed by atoms with Crippen LogP contribution < -0.4 is 0 Å². The Kier molecular flexibility index (Phi) is 4.57. The summed E-state index contributed by atoms with van der Waals surface area (Å²) in [6.07, 6.45) is 5.51. The molecule has 0 unspecified atom stereocenters. The van der Waals surface area contributed by atoms with E-state index in [2.05, 4.69) is 20.8 Å². The zero-order valence-corrected chi connectivity index (χ0v) is 12.2. The summed E-state index contributed by atoms with van der Waals surface area (Å²) in [5, 5.41) is 0. The summed E-state index contributed by atoms with van der Waals surface area (Å²) in [4.78, 5) is 12.3. The van der Waals surface area contributed by atoms with Crippen LogP contribution in [0.15, 0.2) is 42.0 Å². The maximum atomic E-state index is 12.3. The van der Waals surface area contributed by atoms with Crippen LogP contribution in [-0.4, -0.2) is 5.78 Å². The summed E-state index contributed by atoms with van der Waals surface area (Å²) in [6.45, 7) is 6.83. The van der Waals surface area contributed by atoms with Crippen molar-refractivity contribution in [3.05, 3.63) is 47.5 Å². The first-order valence-corrected chi connectivity index (χ1v) is 7.37. The first kappa shape index (κ1) is 14.0. The number of carbonyl (C=O) groups excluding carboxylic acids is 1. The Morgan fingerprint density at radius 3 is 2.53 bits per heavy atom. The Labute approximate surface area is 116 Å². The SMILES string of the molecule is CC(C)[C@H]1CC[C@H](C)/C(=C\C(=O)c2ccccc2)C1. The molecule has 2 atom stereocenters. The van der Waals surface area contributed by atoms with Gasteiger partial charge in [0.05, 0.1) is 0 Å². The van der Waals surface area contributed by atoms with Crippen molar-refractivity contribution in [1.82, 2.24) is 0 Å². The van der Waals surface area contributed by atoms with Crippen molar-refractivity contribution in [2.75, 3.05) is 0 Å². The molecule has 1 aromatic rings. The van der Waals surface area contributed by atoms with Crippen LogP contribution in [0, 0.1) is 17.8 Å². The van der Waals surface area contributed by atoms with E-state index in [0.29, 0.717) is 11.8 Å². The van der Waals surface area contributed by atoms with E-state index in [1.165, 1.54) is 18.4 Å². The van der Waals surface area contributed by atoms with Crippen molar-refractivity contribution in [1.29, 1.82) is 0 Å². The van der Waals surface area contributed by atoms with E-state index in [-0.39, 0.29) is 5.78 Å². The molecule has 19 heavy (non-hydrogen) atoms. The molecule has 0 heterocycles. The van der Waals surface area contributed by atoms with Gasteiger partial charge in [-0.2, -0.15) is 0 Å². The summed E-state index contributed by atoms with van der Waals surface area (Å²) in [6, 6.07) is 9.58. The van der Waals surface area contributed by atoms with Crippen LogP contribution in [0.5, 0.6) is 0 Å². The molecule has 2 rings (SSSR count). The molecule has 1 saturated carbocycles. The van der Waals surface area contributed by atoms with E-state index >= 15 is 0 Å². The fourth-order valence-electron chi connectivity index (χ4n) is 2.88. The molecule has 0 spiro atoms. The lowest BCUT2D eigenvalue weighted by Gasteiger charge is -2.31. The highest BCUT2D eigenvalue weighted by molar-refractivity contribution is 6.04. The normalized spacial score (nSPS) is 25.8. The third kappa shape index (κ3) is 3.56. The molecule has 102 valence electrons. The van der Waals surface area contributed by atoms with E-state index in [0.717, 1.165) is 17.9 Å². The van der Waals surface area contributed by atoms with Crippen LogP contribution in [-0.2, 0) is 0 Å². The smallest absolute Gasteiger partial charge is 0.185 e. The number of hydrogen-bond donors (Lipinski definition) is 0. The molecule has 0 radical (unpaired) electrons. The van der Waals surface area contributed by atoms with Gasteiger partial charge >= 0.3 is 0 Å². The zero-order chi connectivity index (χ0) is 13.8. The predicted octanol–water partition coefficient (Wildman–Crippen LogP) is 4.89. The maximum absolute atomic E-state index is 12.3. The summed E-state index contributed by atoms with van der Waals surface area (Å²) >= 11 is 0. The van der Waals surface area contributed by atoms with Crippen molar-refractivity contribution >= 4 is 5.78 Å². The molecule has 0 bridgehead atoms. The fourth-order valence-corrected chi connectivity index (χ4v) is 2.88. The van der Waals surface area contributed by atoms with Crippen LogP contribution in [0.1, 0.15) is 50.4 Å². The average molecular weight is 256 g/mol. The van der Waals surface area contributed by atoms with E-state index < -0.39 is 0 Å². The highest BCUT2D eigenvalue weighted by Gasteiger charge is 2.25. The molecule has 1 nitrogen and oxygen atoms in total. The predicted molar refractivity (Wildman–Crippen MR) is 80.2 cm³/mol. The Morgan fingerprint density at radius 1 is 1.21 bits per heavy atom. The average Bonchev–Trinajstić information content (AvgIpc) is 2.42. The van der Waals surface area contributed by atoms with Crippen molar-refractivity contribution in [2.45, 2.75) is 40.0 Å². The second kappa shape index (κ2) is 6.18. The Morgan fingerprint density at radius 2 is 1.89 bits per heavy atom. The van der Waals surface area contributed by atoms with Gasteiger partial charge in [0.15, 0.2) is 5.78 Å². The van der Waals surface area contributed by atoms with Crippen molar-refractivity contribution in [2.24, 2.45) is 17.8 Å². The Balaban J connectivity index is 2.14. The van der Waals surface area contributed by atoms with Crippen molar-refractivity contribution in [3.63, 3.8) is 0 Å². The zero-order valence-electron chi connectivity index (χ0n) is 12.2. The van der Waals surface area contributed by atoms with Crippen LogP contribution in [0.4, 0.5) is 0 Å². The fraction of sp³-hybridized carbons (Fsp3) is 0.500. The molecule has 1 heteroatoms. The lowest BCUT2D eigenvalue weighted by molar-refractivity contribution is 0.104. The van der Waals surface area contributed by atoms with Gasteiger partial charge in [0.25, 0.3) is 0 Å². The Hall–Kier alpha value is -1.37. The van der Waals surface area contributed by atoms with Gasteiger partial charge in [-0.05, 0) is 43.1 Å². The van der Waals surface area contributed by atoms with Gasteiger partial charge in [0, 0.05) is 5.56 Å². The summed E-state index contributed by atoms with van der Waals surface area (Å²) < 4.78 is 0. The van der Waals surface area contributed by atoms with Crippen molar-refractivity contribution < 1.29 is 4.79 Å². The lowest BCUT2D eigenvalue weighted by Crippen LogP contribution is -2.20. The van der Waals surface area contributed by atoms with Gasteiger partial charge in [-0.3, -0.25) is 4.79 Å². The molecule has 0 amide bonds. The Bertz CT molecular complexity index is 456. The molecule has 1 aromatic carbocycles. The molecule has 0 aromatic heterocycles. The molecular formula is C18H24O. The topological polar surface area (TPSA) is 17.1 Å². The first-order valence-electron chi connectivity index (χ1n) is 7.37. The number of carbonyl (C=O) groups is 1. The standard InChI is InChI=1S/C18H24O/c1-13(2)16-10-9-14(3)17(11-16)12-18(19)15-7-5-4-6-8-15/h4-8,12-14,16H,9-11H2,1-3H3/b17-12-/t14-,16-/m0/s1. The van der Waals surface area contributed by atoms with Gasteiger partial charge in [-0.15, -0.1) is 0 Å². The summed E-state index contributed by atoms with van der Waals surface area (Å²) in [5.74, 6) is 2.17. The van der Waals surface area contributed by atoms with Gasteiger partial charge in [-0.1, -0.05) is 56.7 Å². The quantitative estimate of drug-likeness (QED) is 0.556. The summed E-state index contributed by atoms with van der Waals surface area (Å²) in [5.41, 5.74) is 2.15. The largest absolute Gasteiger partial charge is 0.289 e. The number of allylic oxidation sites excluding steroid dienone is 2. The van der Waals surface area contributed by atoms with Gasteiger partial charge < -0.3 is 0 Å². The molecule has 0 aliphatic heterocycles. The van der Waals surface area contributed by atoms with Crippen LogP contribution in [0.3, 0.4) is 0 Å². The second-order valence-corrected chi connectivity index (χ2v) is 6.14. The molecule has 0 saturated heterocycles. The minimum Gasteiger partial charge on any atom is -0.289 e. The first-order chi connectivity index (χ1) is 9.08. The van der Waals surface area contributed by atoms with Gasteiger partial charge in [-0.25, -0.2) is 0 Å². The van der Waals surface area contributed by atoms with Gasteiger partial charge in [0.2, 0.25) is 0 Å². The van der Waals surface area contributed by atoms with E-state index in [1.54, 1.807) is 0 Å². The van der Waals surface area contributed by atoms with E-state index in [1.807, 2.05) is 36.4 Å². The molecule has 1 fully saturated rings. The molecule has 0 N–H and O–H groups in total. The second-order valence-electron chi connectivity index (χ2n) is 6.14. The maximum Gasteiger partial charge on any atom is 0.185 e. The number of ketones is 1. The highest BCUT2D eigenvalue weighted by Crippen LogP contribution is 2.36. The third-order valence-corrected chi connectivity index (χ3v) is 4.42. The molecular weight excluding hydrogens is 232 g/mol. The van der Waals surface area contributed by atoms with Crippen molar-refractivity contribution in [3.8, 4) is 0 Å². The van der Waals surface area contributed by atoms with Crippen LogP contribution in [0.25, 0.3) is 0 Å². The minimum absolute atomic E-state index is 0.159. The minimum atomic E-state index is 0.159. The summed E-state index contributed by atoms with van der Waals surface area (Å²) in [7, 11) is 0. The highest BCUT2D eigenvalue weighted by atomic mass is 16.1. The number of hydrogen-bond acceptors (Lipinski definition) is 1. The molecule has 1 aliphatic rings. The van der Waals surface area contributed by atoms with Crippen LogP contribution in [0.2, 0.25) is 0 Å². The lowest BCUT2D eigenvalue weighted by atomic mass is 9.74.